The Balaban J connectivity index is 1.68. The van der Waals surface area contributed by atoms with E-state index in [4.69, 9.17) is 24.7 Å². The van der Waals surface area contributed by atoms with Gasteiger partial charge in [0.1, 0.15) is 0 Å². The monoisotopic (exact) mass is 492 g/mol. The lowest BCUT2D eigenvalue weighted by Crippen LogP contribution is -2.03. The van der Waals surface area contributed by atoms with Gasteiger partial charge in [-0.2, -0.15) is 0 Å². The first-order valence-corrected chi connectivity index (χ1v) is 10.8. The van der Waals surface area contributed by atoms with Gasteiger partial charge in [-0.05, 0) is 24.2 Å². The Morgan fingerprint density at radius 3 is 1.51 bits per heavy atom. The maximum Gasteiger partial charge on any atom is 0.166 e. The smallest absolute Gasteiger partial charge is 0.166 e. The van der Waals surface area contributed by atoms with Crippen LogP contribution < -0.4 is 0 Å². The fourth-order valence-corrected chi connectivity index (χ4v) is 3.96. The van der Waals surface area contributed by atoms with Crippen LogP contribution in [0.5, 0.6) is 0 Å². The molecule has 37 heavy (non-hydrogen) atoms. The molecule has 0 fully saturated rings. The third kappa shape index (κ3) is 3.67. The molecule has 174 valence electrons. The molecule has 2 heterocycles. The fraction of sp³-hybridized carbons (Fsp3) is 0. The summed E-state index contributed by atoms with van der Waals surface area (Å²) in [7, 11) is 0. The summed E-state index contributed by atoms with van der Waals surface area (Å²) in [6.07, 6.45) is 0. The summed E-state index contributed by atoms with van der Waals surface area (Å²) in [6, 6.07) is -6.36. The van der Waals surface area contributed by atoms with E-state index in [9.17, 15) is 0 Å². The molecule has 0 unspecified atom stereocenters. The second-order valence-electron chi connectivity index (χ2n) is 7.61. The fourth-order valence-electron chi connectivity index (χ4n) is 3.96. The molecule has 4 nitrogen and oxygen atoms in total. The molecule has 4 heteroatoms. The second-order valence-corrected chi connectivity index (χ2v) is 7.61. The quantitative estimate of drug-likeness (QED) is 0.250. The summed E-state index contributed by atoms with van der Waals surface area (Å²) in [4.78, 5) is 13.2. The first kappa shape index (κ1) is 9.75. The maximum atomic E-state index is 8.92. The highest BCUT2D eigenvalue weighted by molar-refractivity contribution is 6.09. The van der Waals surface area contributed by atoms with Crippen molar-refractivity contribution < 1.29 is 24.7 Å². The van der Waals surface area contributed by atoms with Crippen LogP contribution in [0.4, 0.5) is 0 Å². The Hall–Kier alpha value is -5.09. The lowest BCUT2D eigenvalue weighted by atomic mass is 10.1. The Morgan fingerprint density at radius 1 is 0.486 bits per heavy atom. The van der Waals surface area contributed by atoms with Crippen LogP contribution in [0.15, 0.2) is 133 Å². The highest BCUT2D eigenvalue weighted by atomic mass is 15.0. The van der Waals surface area contributed by atoms with E-state index in [0.29, 0.717) is 0 Å². The van der Waals surface area contributed by atoms with E-state index in [1.54, 1.807) is 0 Å². The van der Waals surface area contributed by atoms with Gasteiger partial charge in [0.05, 0.1) is 41.4 Å². The van der Waals surface area contributed by atoms with Crippen molar-refractivity contribution in [3.63, 3.8) is 0 Å². The Labute approximate surface area is 239 Å². The molecule has 0 aliphatic rings. The van der Waals surface area contributed by atoms with Crippen LogP contribution in [0.1, 0.15) is 24.7 Å². The standard InChI is InChI=1S/C33H22N4/c1-3-13-23(14-4-1)31-34-32(24-15-5-2-6-16-24)36-33(35-31)27-19-9-12-22-30(27)37-28-20-10-7-17-25(28)26-18-8-11-21-29(26)37/h1-22H/i1D,2D,3D,4D,5D,6D,7D,8D,10D,11D,13D,14D,15D,16D,17D,18D,20D,21D. The van der Waals surface area contributed by atoms with Gasteiger partial charge in [0.25, 0.3) is 0 Å². The summed E-state index contributed by atoms with van der Waals surface area (Å²) in [5.41, 5.74) is -1.52. The van der Waals surface area contributed by atoms with Gasteiger partial charge in [0.2, 0.25) is 0 Å². The van der Waals surface area contributed by atoms with Gasteiger partial charge in [-0.1, -0.05) is 109 Å². The number of fused-ring (bicyclic) bond motifs is 3. The van der Waals surface area contributed by atoms with E-state index >= 15 is 0 Å². The first-order chi connectivity index (χ1) is 25.8. The SMILES string of the molecule is [2H]c1c([2H])c([2H])c(-c2nc(-c3ccccc3-n3c4c([2H])c([2H])c([2H])c([2H])c4c4c([2H])c([2H])c([2H])c([2H])c43)nc(-c3c([2H])c([2H])c([2H])c([2H])c3[2H])n2)c([2H])c1[2H]. The zero-order valence-corrected chi connectivity index (χ0v) is 18.6. The molecule has 0 radical (unpaired) electrons. The predicted molar refractivity (Wildman–Crippen MR) is 150 cm³/mol. The van der Waals surface area contributed by atoms with Gasteiger partial charge in [0, 0.05) is 27.5 Å². The zero-order chi connectivity index (χ0) is 40.3. The van der Waals surface area contributed by atoms with Crippen LogP contribution in [0, 0.1) is 0 Å². The number of para-hydroxylation sites is 3. The lowest BCUT2D eigenvalue weighted by molar-refractivity contribution is 1.06. The predicted octanol–water partition coefficient (Wildman–Crippen LogP) is 7.97. The first-order valence-electron chi connectivity index (χ1n) is 19.8. The summed E-state index contributed by atoms with van der Waals surface area (Å²) < 4.78 is 154. The van der Waals surface area contributed by atoms with Crippen molar-refractivity contribution in [1.82, 2.24) is 19.5 Å². The molecule has 0 spiro atoms. The largest absolute Gasteiger partial charge is 0.309 e. The van der Waals surface area contributed by atoms with E-state index in [1.165, 1.54) is 28.8 Å². The Kier molecular flexibility index (Phi) is 2.33. The maximum absolute atomic E-state index is 8.92. The van der Waals surface area contributed by atoms with Crippen molar-refractivity contribution in [2.45, 2.75) is 0 Å². The number of benzene rings is 5. The van der Waals surface area contributed by atoms with E-state index in [0.717, 1.165) is 0 Å². The summed E-state index contributed by atoms with van der Waals surface area (Å²) in [6.45, 7) is 0. The van der Waals surface area contributed by atoms with Crippen molar-refractivity contribution in [2.75, 3.05) is 0 Å². The average molecular weight is 493 g/mol. The molecule has 0 saturated heterocycles. The van der Waals surface area contributed by atoms with Gasteiger partial charge in [-0.3, -0.25) is 0 Å². The molecular weight excluding hydrogens is 452 g/mol. The highest BCUT2D eigenvalue weighted by Gasteiger charge is 2.18. The van der Waals surface area contributed by atoms with Crippen molar-refractivity contribution in [2.24, 2.45) is 0 Å². The van der Waals surface area contributed by atoms with E-state index in [-0.39, 0.29) is 38.9 Å². The van der Waals surface area contributed by atoms with Crippen molar-refractivity contribution in [3.8, 4) is 39.9 Å². The third-order valence-electron chi connectivity index (χ3n) is 5.50. The van der Waals surface area contributed by atoms with Gasteiger partial charge in [-0.25, -0.2) is 15.0 Å². The number of hydrogen-bond acceptors (Lipinski definition) is 3. The minimum absolute atomic E-state index is 0.0113. The van der Waals surface area contributed by atoms with Crippen molar-refractivity contribution in [1.29, 1.82) is 0 Å². The second kappa shape index (κ2) is 8.85. The van der Waals surface area contributed by atoms with Crippen molar-refractivity contribution >= 4 is 21.8 Å². The Morgan fingerprint density at radius 2 is 0.946 bits per heavy atom. The molecule has 0 amide bonds. The van der Waals surface area contributed by atoms with Crippen LogP contribution >= 0.6 is 0 Å². The molecule has 2 aromatic heterocycles. The molecule has 0 aliphatic heterocycles. The van der Waals surface area contributed by atoms with Gasteiger partial charge in [0.15, 0.2) is 17.5 Å². The molecule has 0 atom stereocenters. The molecule has 7 aromatic rings. The molecule has 0 N–H and O–H groups in total. The lowest BCUT2D eigenvalue weighted by Gasteiger charge is -2.14. The summed E-state index contributed by atoms with van der Waals surface area (Å²) >= 11 is 0. The third-order valence-corrected chi connectivity index (χ3v) is 5.50. The molecule has 0 bridgehead atoms. The number of aromatic nitrogens is 4. The molecular formula is C33H22N4. The van der Waals surface area contributed by atoms with Gasteiger partial charge < -0.3 is 4.57 Å². The highest BCUT2D eigenvalue weighted by Crippen LogP contribution is 2.35. The summed E-state index contributed by atoms with van der Waals surface area (Å²) in [5.74, 6) is -1.47. The van der Waals surface area contributed by atoms with Gasteiger partial charge in [-0.15, -0.1) is 0 Å². The normalized spacial score (nSPS) is 18.1. The molecule has 0 saturated carbocycles. The van der Waals surface area contributed by atoms with E-state index in [1.807, 2.05) is 0 Å². The van der Waals surface area contributed by atoms with Crippen molar-refractivity contribution in [3.05, 3.63) is 133 Å². The molecule has 5 aromatic carbocycles. The van der Waals surface area contributed by atoms with E-state index < -0.39 is 132 Å². The minimum Gasteiger partial charge on any atom is -0.309 e. The van der Waals surface area contributed by atoms with Crippen LogP contribution in [-0.4, -0.2) is 19.5 Å². The van der Waals surface area contributed by atoms with Crippen LogP contribution in [0.25, 0.3) is 61.7 Å². The van der Waals surface area contributed by atoms with E-state index in [2.05, 4.69) is 15.0 Å². The number of hydrogen-bond donors (Lipinski definition) is 0. The van der Waals surface area contributed by atoms with Crippen LogP contribution in [-0.2, 0) is 0 Å². The Bertz CT molecular complexity index is 2650. The molecule has 0 aliphatic carbocycles. The number of nitrogens with zero attached hydrogens (tertiary/aromatic N) is 4. The summed E-state index contributed by atoms with van der Waals surface area (Å²) in [5, 5.41) is -0.420. The minimum atomic E-state index is -0.740. The van der Waals surface area contributed by atoms with Crippen LogP contribution in [0.2, 0.25) is 0 Å². The molecule has 7 rings (SSSR count). The van der Waals surface area contributed by atoms with Gasteiger partial charge >= 0.3 is 0 Å². The topological polar surface area (TPSA) is 43.6 Å². The van der Waals surface area contributed by atoms with Crippen LogP contribution in [0.3, 0.4) is 0 Å². The number of rotatable bonds is 4. The zero-order valence-electron chi connectivity index (χ0n) is 36.6. The average Bonchev–Trinajstić information content (AvgIpc) is 3.54.